The summed E-state index contributed by atoms with van der Waals surface area (Å²) in [5.74, 6) is -0.298. The van der Waals surface area contributed by atoms with Crippen molar-refractivity contribution < 1.29 is 37.6 Å². The molecular formula is C40H54N6O8S. The van der Waals surface area contributed by atoms with Crippen LogP contribution in [-0.2, 0) is 35.7 Å². The molecule has 55 heavy (non-hydrogen) atoms. The number of allylic oxidation sites excluding steroid dienone is 1. The van der Waals surface area contributed by atoms with E-state index >= 15 is 0 Å². The zero-order valence-corrected chi connectivity index (χ0v) is 33.0. The average molecular weight is 779 g/mol. The van der Waals surface area contributed by atoms with Gasteiger partial charge in [0.25, 0.3) is 0 Å². The molecule has 1 spiro atoms. The Morgan fingerprint density at radius 1 is 1.05 bits per heavy atom. The van der Waals surface area contributed by atoms with Crippen molar-refractivity contribution in [2.24, 2.45) is 11.1 Å². The zero-order valence-electron chi connectivity index (χ0n) is 32.1. The van der Waals surface area contributed by atoms with Gasteiger partial charge in [0.2, 0.25) is 22.8 Å². The van der Waals surface area contributed by atoms with Crippen molar-refractivity contribution in [1.82, 2.24) is 25.5 Å². The van der Waals surface area contributed by atoms with Gasteiger partial charge in [0.15, 0.2) is 0 Å². The molecule has 4 fully saturated rings. The maximum Gasteiger partial charge on any atom is 0.408 e. The highest BCUT2D eigenvalue weighted by Gasteiger charge is 2.67. The number of methoxy groups -OCH3 is 1. The molecule has 1 saturated heterocycles. The van der Waals surface area contributed by atoms with E-state index < -0.39 is 61.1 Å². The van der Waals surface area contributed by atoms with Crippen LogP contribution in [0, 0.1) is 12.8 Å². The van der Waals surface area contributed by atoms with Crippen LogP contribution < -0.4 is 25.2 Å². The van der Waals surface area contributed by atoms with Crippen molar-refractivity contribution in [3.63, 3.8) is 0 Å². The second-order valence-electron chi connectivity index (χ2n) is 17.0. The fourth-order valence-electron chi connectivity index (χ4n) is 9.23. The van der Waals surface area contributed by atoms with Gasteiger partial charge in [0, 0.05) is 38.8 Å². The summed E-state index contributed by atoms with van der Waals surface area (Å²) in [6.07, 6.45) is 12.7. The van der Waals surface area contributed by atoms with Gasteiger partial charge < -0.3 is 29.7 Å². The molecule has 3 amide bonds. The van der Waals surface area contributed by atoms with E-state index in [0.29, 0.717) is 66.9 Å². The summed E-state index contributed by atoms with van der Waals surface area (Å²) in [6, 6.07) is 1.63. The van der Waals surface area contributed by atoms with Crippen LogP contribution in [0.25, 0.3) is 11.0 Å². The first-order valence-electron chi connectivity index (χ1n) is 20.0. The van der Waals surface area contributed by atoms with Gasteiger partial charge >= 0.3 is 6.09 Å². The minimum atomic E-state index is -3.83. The van der Waals surface area contributed by atoms with E-state index in [1.165, 1.54) is 4.90 Å². The molecule has 3 aliphatic heterocycles. The molecule has 5 heterocycles. The monoisotopic (exact) mass is 778 g/mol. The average Bonchev–Trinajstić information content (AvgIpc) is 3.95. The number of rotatable bonds is 5. The number of nitrogens with two attached hydrogens (primary N) is 1. The van der Waals surface area contributed by atoms with Gasteiger partial charge in [-0.15, -0.1) is 0 Å². The molecular weight excluding hydrogens is 725 g/mol. The third kappa shape index (κ3) is 6.89. The smallest absolute Gasteiger partial charge is 0.408 e. The highest BCUT2D eigenvalue weighted by molar-refractivity contribution is 8.16. The Bertz CT molecular complexity index is 2000. The van der Waals surface area contributed by atoms with Gasteiger partial charge in [0.1, 0.15) is 35.1 Å². The van der Waals surface area contributed by atoms with Crippen molar-refractivity contribution in [3.8, 4) is 11.6 Å². The van der Waals surface area contributed by atoms with Crippen molar-refractivity contribution in [1.29, 1.82) is 0 Å². The van der Waals surface area contributed by atoms with E-state index in [0.717, 1.165) is 50.5 Å². The van der Waals surface area contributed by atoms with Crippen LogP contribution >= 0.6 is 0 Å². The van der Waals surface area contributed by atoms with Gasteiger partial charge in [-0.25, -0.2) is 14.8 Å². The SMILES string of the molecule is COc1ccc2nc(C)c3c(c2n1)CC[C@]1(C[C@H]2C(=O)N[C@]4(C(=O)[SH](N)(=O)C5(C)CC5)C[C@H]4/C=C\CCCCC[C@H](NC(=O)OC4CCCC4)C(=O)N2C1)O3. The number of hydrogen-bond acceptors (Lipinski definition) is 10. The summed E-state index contributed by atoms with van der Waals surface area (Å²) >= 11 is 0. The lowest BCUT2D eigenvalue weighted by molar-refractivity contribution is -0.141. The van der Waals surface area contributed by atoms with E-state index in [2.05, 4.69) is 15.6 Å². The fraction of sp³-hybridized carbons (Fsp3) is 0.650. The number of carbonyl (C=O) groups excluding carboxylic acids is 4. The molecule has 8 rings (SSSR count). The molecule has 15 heteroatoms. The van der Waals surface area contributed by atoms with Gasteiger partial charge in [-0.1, -0.05) is 25.0 Å². The lowest BCUT2D eigenvalue weighted by Crippen LogP contribution is -2.59. The lowest BCUT2D eigenvalue weighted by Gasteiger charge is -2.36. The van der Waals surface area contributed by atoms with Crippen LogP contribution in [0.5, 0.6) is 11.6 Å². The van der Waals surface area contributed by atoms with E-state index in [4.69, 9.17) is 24.3 Å². The Balaban J connectivity index is 1.14. The Hall–Kier alpha value is -4.11. The molecule has 2 aromatic heterocycles. The minimum absolute atomic E-state index is 0.0694. The highest BCUT2D eigenvalue weighted by atomic mass is 32.3. The summed E-state index contributed by atoms with van der Waals surface area (Å²) in [7, 11) is -2.27. The Morgan fingerprint density at radius 3 is 2.56 bits per heavy atom. The predicted molar refractivity (Wildman–Crippen MR) is 206 cm³/mol. The van der Waals surface area contributed by atoms with Crippen molar-refractivity contribution in [3.05, 3.63) is 35.5 Å². The van der Waals surface area contributed by atoms with Crippen LogP contribution in [0.2, 0.25) is 0 Å². The van der Waals surface area contributed by atoms with Gasteiger partial charge in [0.05, 0.1) is 30.4 Å². The third-order valence-electron chi connectivity index (χ3n) is 13.1. The van der Waals surface area contributed by atoms with Crippen molar-refractivity contribution in [2.75, 3.05) is 13.7 Å². The number of nitrogens with zero attached hydrogens (tertiary/aromatic N) is 3. The molecule has 3 aliphatic carbocycles. The maximum absolute atomic E-state index is 14.8. The number of amides is 3. The maximum atomic E-state index is 14.8. The largest absolute Gasteiger partial charge is 0.483 e. The topological polar surface area (TPSA) is 192 Å². The van der Waals surface area contributed by atoms with Crippen molar-refractivity contribution >= 4 is 44.2 Å². The number of ether oxygens (including phenoxy) is 3. The van der Waals surface area contributed by atoms with E-state index in [9.17, 15) is 23.4 Å². The predicted octanol–water partition coefficient (Wildman–Crippen LogP) is 4.01. The number of fused-ring (bicyclic) bond motifs is 5. The number of alkyl carbamates (subject to hydrolysis) is 1. The second-order valence-corrected chi connectivity index (χ2v) is 19.8. The number of pyridine rings is 2. The van der Waals surface area contributed by atoms with Crippen LogP contribution in [-0.4, -0.2) is 89.8 Å². The summed E-state index contributed by atoms with van der Waals surface area (Å²) in [4.78, 5) is 68.0. The summed E-state index contributed by atoms with van der Waals surface area (Å²) < 4.78 is 31.3. The summed E-state index contributed by atoms with van der Waals surface area (Å²) in [5.41, 5.74) is 0.517. The number of aromatic nitrogens is 2. The van der Waals surface area contributed by atoms with Gasteiger partial charge in [-0.2, -0.15) is 0 Å². The number of thiol groups is 1. The number of carbonyl (C=O) groups is 4. The Kier molecular flexibility index (Phi) is 9.71. The summed E-state index contributed by atoms with van der Waals surface area (Å²) in [5, 5.41) is 11.7. The zero-order chi connectivity index (χ0) is 38.8. The summed E-state index contributed by atoms with van der Waals surface area (Å²) in [6.45, 7) is 3.71. The van der Waals surface area contributed by atoms with E-state index in [1.54, 1.807) is 20.1 Å². The van der Waals surface area contributed by atoms with Crippen LogP contribution in [0.4, 0.5) is 4.79 Å². The molecule has 14 nitrogen and oxygen atoms in total. The molecule has 6 aliphatic rings. The first-order chi connectivity index (χ1) is 26.3. The van der Waals surface area contributed by atoms with Gasteiger partial charge in [-0.05, 0) is 97.0 Å². The number of nitrogens with one attached hydrogen (secondary N) is 2. The molecule has 4 N–H and O–H groups in total. The quantitative estimate of drug-likeness (QED) is 0.255. The highest BCUT2D eigenvalue weighted by Crippen LogP contribution is 2.53. The number of hydrogen-bond donors (Lipinski definition) is 4. The standard InChI is InChI=1S/C40H54N6O8S/c1-24-33-27(32-28(42-24)15-16-31(44-32)52-3)17-18-39(54-33)22-30-34(47)45-40(36(49)55(41,51)38(2)19-20-38)21-25(40)11-7-5-4-6-8-14-29(35(48)46(30)23-39)43-37(50)53-26-12-9-10-13-26/h7,11,15-16,25-26,29-30,55H,4-6,8-10,12-14,17-23H2,1-3H3,(H2,41,51)(H,43,50)(H,45,47)/b11-7-/t25-,29+,30+,39-,40-/m1/s1. The van der Waals surface area contributed by atoms with Crippen LogP contribution in [0.15, 0.2) is 24.3 Å². The van der Waals surface area contributed by atoms with Crippen LogP contribution in [0.3, 0.4) is 0 Å². The first-order valence-corrected chi connectivity index (χ1v) is 21.8. The molecule has 3 saturated carbocycles. The fourth-order valence-corrected chi connectivity index (χ4v) is 11.4. The molecule has 298 valence electrons. The third-order valence-corrected chi connectivity index (χ3v) is 16.1. The molecule has 5 atom stereocenters. The first kappa shape index (κ1) is 37.8. The molecule has 2 aromatic rings. The van der Waals surface area contributed by atoms with E-state index in [-0.39, 0.29) is 31.4 Å². The Labute approximate surface area is 322 Å². The molecule has 0 radical (unpaired) electrons. The van der Waals surface area contributed by atoms with Gasteiger partial charge in [-0.3, -0.25) is 23.7 Å². The Morgan fingerprint density at radius 2 is 1.82 bits per heavy atom. The number of aryl methyl sites for hydroxylation is 2. The second kappa shape index (κ2) is 14.1. The molecule has 0 unspecified atom stereocenters. The normalized spacial score (nSPS) is 31.5. The van der Waals surface area contributed by atoms with Crippen LogP contribution in [0.1, 0.15) is 108 Å². The van der Waals surface area contributed by atoms with Crippen molar-refractivity contribution in [2.45, 2.75) is 144 Å². The minimum Gasteiger partial charge on any atom is -0.483 e. The lowest BCUT2D eigenvalue weighted by atomic mass is 9.88. The van der Waals surface area contributed by atoms with E-state index in [1.807, 2.05) is 25.1 Å². The molecule has 0 aromatic carbocycles. The molecule has 0 bridgehead atoms.